The van der Waals surface area contributed by atoms with E-state index in [0.717, 1.165) is 11.4 Å². The van der Waals surface area contributed by atoms with Gasteiger partial charge >= 0.3 is 0 Å². The molecule has 0 fully saturated rings. The highest BCUT2D eigenvalue weighted by Crippen LogP contribution is 2.26. The minimum atomic E-state index is -0.326. The number of nitrogens with zero attached hydrogens (tertiary/aromatic N) is 6. The van der Waals surface area contributed by atoms with E-state index in [1.54, 1.807) is 27.5 Å². The van der Waals surface area contributed by atoms with Gasteiger partial charge in [-0.2, -0.15) is 5.10 Å². The number of anilines is 1. The fourth-order valence-electron chi connectivity index (χ4n) is 3.06. The lowest BCUT2D eigenvalue weighted by Gasteiger charge is -2.13. The molecule has 0 aliphatic heterocycles. The number of benzene rings is 1. The van der Waals surface area contributed by atoms with E-state index in [1.165, 1.54) is 13.2 Å². The van der Waals surface area contributed by atoms with Crippen LogP contribution in [0.4, 0.5) is 10.2 Å². The van der Waals surface area contributed by atoms with E-state index >= 15 is 0 Å². The fraction of sp³-hybridized carbons (Fsp3) is 0.222. The molecule has 9 heteroatoms. The Morgan fingerprint density at radius 2 is 2.07 bits per heavy atom. The van der Waals surface area contributed by atoms with E-state index in [2.05, 4.69) is 25.6 Å². The maximum atomic E-state index is 14.2. The first-order valence-electron chi connectivity index (χ1n) is 8.34. The number of rotatable bonds is 5. The molecule has 0 aliphatic carbocycles. The van der Waals surface area contributed by atoms with Crippen LogP contribution in [0.5, 0.6) is 5.75 Å². The van der Waals surface area contributed by atoms with Gasteiger partial charge in [-0.15, -0.1) is 10.2 Å². The largest absolute Gasteiger partial charge is 0.496 e. The van der Waals surface area contributed by atoms with E-state index < -0.39 is 0 Å². The molecule has 3 aromatic heterocycles. The van der Waals surface area contributed by atoms with Crippen molar-refractivity contribution in [1.29, 1.82) is 0 Å². The average Bonchev–Trinajstić information content (AvgIpc) is 3.27. The molecule has 1 N–H and O–H groups in total. The molecular formula is C18H18FN7O. The van der Waals surface area contributed by atoms with Crippen LogP contribution in [0.3, 0.4) is 0 Å². The molecule has 0 unspecified atom stereocenters. The van der Waals surface area contributed by atoms with Gasteiger partial charge in [-0.05, 0) is 31.2 Å². The maximum Gasteiger partial charge on any atom is 0.173 e. The van der Waals surface area contributed by atoms with E-state index in [9.17, 15) is 4.39 Å². The fourth-order valence-corrected chi connectivity index (χ4v) is 3.06. The highest BCUT2D eigenvalue weighted by atomic mass is 19.1. The molecule has 4 aromatic rings. The number of aryl methyl sites for hydroxylation is 2. The van der Waals surface area contributed by atoms with E-state index in [0.29, 0.717) is 28.6 Å². The molecule has 0 saturated heterocycles. The van der Waals surface area contributed by atoms with Crippen LogP contribution in [-0.2, 0) is 13.6 Å². The summed E-state index contributed by atoms with van der Waals surface area (Å²) in [5.74, 6) is 2.27. The second-order valence-electron chi connectivity index (χ2n) is 6.04. The van der Waals surface area contributed by atoms with Crippen molar-refractivity contribution in [1.82, 2.24) is 29.4 Å². The first-order chi connectivity index (χ1) is 13.1. The molecule has 3 heterocycles. The molecule has 0 aliphatic rings. The van der Waals surface area contributed by atoms with Crippen LogP contribution in [0.25, 0.3) is 17.0 Å². The van der Waals surface area contributed by atoms with Crippen LogP contribution >= 0.6 is 0 Å². The molecule has 0 saturated carbocycles. The average molecular weight is 367 g/mol. The summed E-state index contributed by atoms with van der Waals surface area (Å²) in [7, 11) is 3.35. The SMILES string of the molecule is COc1cccc(F)c1CNc1ccc(-c2nc(C)nn2C)c2nncn12. The molecule has 0 radical (unpaired) electrons. The van der Waals surface area contributed by atoms with Crippen LogP contribution in [0, 0.1) is 12.7 Å². The highest BCUT2D eigenvalue weighted by Gasteiger charge is 2.15. The van der Waals surface area contributed by atoms with Crippen molar-refractivity contribution in [2.75, 3.05) is 12.4 Å². The Balaban J connectivity index is 1.70. The van der Waals surface area contributed by atoms with Gasteiger partial charge < -0.3 is 10.1 Å². The Bertz CT molecular complexity index is 1120. The van der Waals surface area contributed by atoms with Crippen LogP contribution in [0.2, 0.25) is 0 Å². The zero-order chi connectivity index (χ0) is 19.0. The minimum Gasteiger partial charge on any atom is -0.496 e. The Hall–Kier alpha value is -3.49. The van der Waals surface area contributed by atoms with Gasteiger partial charge in [-0.3, -0.25) is 4.40 Å². The van der Waals surface area contributed by atoms with Crippen molar-refractivity contribution in [3.63, 3.8) is 0 Å². The van der Waals surface area contributed by atoms with Gasteiger partial charge in [0.05, 0.1) is 12.7 Å². The predicted octanol–water partition coefficient (Wildman–Crippen LogP) is 2.59. The van der Waals surface area contributed by atoms with Gasteiger partial charge in [0.2, 0.25) is 0 Å². The van der Waals surface area contributed by atoms with Gasteiger partial charge in [-0.25, -0.2) is 14.1 Å². The molecule has 0 spiro atoms. The number of pyridine rings is 1. The van der Waals surface area contributed by atoms with Gasteiger partial charge in [0.1, 0.15) is 29.5 Å². The lowest BCUT2D eigenvalue weighted by atomic mass is 10.2. The quantitative estimate of drug-likeness (QED) is 0.584. The third-order valence-corrected chi connectivity index (χ3v) is 4.31. The zero-order valence-electron chi connectivity index (χ0n) is 15.1. The van der Waals surface area contributed by atoms with Crippen LogP contribution < -0.4 is 10.1 Å². The zero-order valence-corrected chi connectivity index (χ0v) is 15.1. The van der Waals surface area contributed by atoms with E-state index in [4.69, 9.17) is 4.74 Å². The summed E-state index contributed by atoms with van der Waals surface area (Å²) in [5.41, 5.74) is 1.90. The van der Waals surface area contributed by atoms with Crippen molar-refractivity contribution in [2.24, 2.45) is 7.05 Å². The summed E-state index contributed by atoms with van der Waals surface area (Å²) < 4.78 is 22.9. The molecule has 0 atom stereocenters. The molecule has 1 aromatic carbocycles. The summed E-state index contributed by atoms with van der Waals surface area (Å²) >= 11 is 0. The lowest BCUT2D eigenvalue weighted by molar-refractivity contribution is 0.405. The predicted molar refractivity (Wildman–Crippen MR) is 98.0 cm³/mol. The summed E-state index contributed by atoms with van der Waals surface area (Å²) in [6.07, 6.45) is 1.60. The van der Waals surface area contributed by atoms with Crippen molar-refractivity contribution >= 4 is 11.5 Å². The summed E-state index contributed by atoms with van der Waals surface area (Å²) in [6, 6.07) is 8.53. The second kappa shape index (κ2) is 6.67. The number of hydrogen-bond donors (Lipinski definition) is 1. The lowest BCUT2D eigenvalue weighted by Crippen LogP contribution is -2.08. The second-order valence-corrected chi connectivity index (χ2v) is 6.04. The standard InChI is InChI=1S/C18H18FN7O/c1-11-22-17(25(2)24-11)12-7-8-16(26-10-21-23-18(12)26)20-9-13-14(19)5-4-6-15(13)27-3/h4-8,10,20H,9H2,1-3H3. The maximum absolute atomic E-state index is 14.2. The number of aromatic nitrogens is 6. The summed E-state index contributed by atoms with van der Waals surface area (Å²) in [6.45, 7) is 2.09. The molecular weight excluding hydrogens is 349 g/mol. The van der Waals surface area contributed by atoms with Crippen LogP contribution in [0.1, 0.15) is 11.4 Å². The van der Waals surface area contributed by atoms with Gasteiger partial charge in [0.25, 0.3) is 0 Å². The summed E-state index contributed by atoms with van der Waals surface area (Å²) in [4.78, 5) is 4.45. The van der Waals surface area contributed by atoms with Gasteiger partial charge in [0.15, 0.2) is 11.5 Å². The van der Waals surface area contributed by atoms with E-state index in [-0.39, 0.29) is 12.4 Å². The first kappa shape index (κ1) is 17.0. The third kappa shape index (κ3) is 2.97. The number of halogens is 1. The normalized spacial score (nSPS) is 11.1. The summed E-state index contributed by atoms with van der Waals surface area (Å²) in [5, 5.41) is 15.7. The van der Waals surface area contributed by atoms with Crippen molar-refractivity contribution < 1.29 is 9.13 Å². The smallest absolute Gasteiger partial charge is 0.173 e. The van der Waals surface area contributed by atoms with Gasteiger partial charge in [-0.1, -0.05) is 6.07 Å². The number of hydrogen-bond acceptors (Lipinski definition) is 6. The Morgan fingerprint density at radius 3 is 2.81 bits per heavy atom. The van der Waals surface area contributed by atoms with Gasteiger partial charge in [0, 0.05) is 19.2 Å². The number of fused-ring (bicyclic) bond motifs is 1. The monoisotopic (exact) mass is 367 g/mol. The molecule has 27 heavy (non-hydrogen) atoms. The van der Waals surface area contributed by atoms with Crippen molar-refractivity contribution in [3.8, 4) is 17.1 Å². The van der Waals surface area contributed by atoms with Crippen molar-refractivity contribution in [2.45, 2.75) is 13.5 Å². The Kier molecular flexibility index (Phi) is 4.19. The molecule has 138 valence electrons. The molecule has 4 rings (SSSR count). The van der Waals surface area contributed by atoms with Crippen LogP contribution in [0.15, 0.2) is 36.7 Å². The van der Waals surface area contributed by atoms with Crippen LogP contribution in [-0.4, -0.2) is 36.5 Å². The minimum absolute atomic E-state index is 0.255. The number of methoxy groups -OCH3 is 1. The third-order valence-electron chi connectivity index (χ3n) is 4.31. The Morgan fingerprint density at radius 1 is 1.22 bits per heavy atom. The number of nitrogens with one attached hydrogen (secondary N) is 1. The van der Waals surface area contributed by atoms with Crippen molar-refractivity contribution in [3.05, 3.63) is 53.9 Å². The number of ether oxygens (including phenoxy) is 1. The highest BCUT2D eigenvalue weighted by molar-refractivity contribution is 5.75. The molecule has 0 amide bonds. The Labute approximate surface area is 154 Å². The molecule has 0 bridgehead atoms. The first-order valence-corrected chi connectivity index (χ1v) is 8.34. The van der Waals surface area contributed by atoms with E-state index in [1.807, 2.05) is 26.1 Å². The topological polar surface area (TPSA) is 82.2 Å². The molecule has 8 nitrogen and oxygen atoms in total.